The van der Waals surface area contributed by atoms with E-state index < -0.39 is 0 Å². The van der Waals surface area contributed by atoms with Crippen LogP contribution in [0.1, 0.15) is 12.5 Å². The predicted molar refractivity (Wildman–Crippen MR) is 86.0 cm³/mol. The number of rotatable bonds is 3. The van der Waals surface area contributed by atoms with E-state index in [1.54, 1.807) is 30.9 Å². The maximum Gasteiger partial charge on any atom is 0.247 e. The van der Waals surface area contributed by atoms with E-state index >= 15 is 0 Å². The van der Waals surface area contributed by atoms with Crippen LogP contribution in [-0.2, 0) is 16.1 Å². The minimum atomic E-state index is -0.368. The van der Waals surface area contributed by atoms with Crippen LogP contribution in [0.3, 0.4) is 0 Å². The van der Waals surface area contributed by atoms with Crippen molar-refractivity contribution in [2.45, 2.75) is 25.6 Å². The van der Waals surface area contributed by atoms with Gasteiger partial charge in [-0.1, -0.05) is 18.2 Å². The Kier molecular flexibility index (Phi) is 4.26. The molecule has 0 saturated carbocycles. The third kappa shape index (κ3) is 2.79. The highest BCUT2D eigenvalue weighted by molar-refractivity contribution is 5.96. The van der Waals surface area contributed by atoms with Crippen LogP contribution in [0.25, 0.3) is 0 Å². The van der Waals surface area contributed by atoms with Crippen molar-refractivity contribution in [1.29, 1.82) is 0 Å². The quantitative estimate of drug-likeness (QED) is 0.818. The van der Waals surface area contributed by atoms with Crippen molar-refractivity contribution in [3.63, 3.8) is 0 Å². The lowest BCUT2D eigenvalue weighted by molar-refractivity contribution is -0.163. The molecule has 0 unspecified atom stereocenters. The van der Waals surface area contributed by atoms with E-state index in [1.807, 2.05) is 24.3 Å². The summed E-state index contributed by atoms with van der Waals surface area (Å²) in [4.78, 5) is 30.4. The number of carbonyl (C=O) groups excluding carboxylic acids is 2. The van der Waals surface area contributed by atoms with Crippen LogP contribution in [0.5, 0.6) is 5.75 Å². The monoisotopic (exact) mass is 317 g/mol. The van der Waals surface area contributed by atoms with E-state index in [2.05, 4.69) is 4.90 Å². The molecular formula is C17H23N3O3. The smallest absolute Gasteiger partial charge is 0.247 e. The number of para-hydroxylation sites is 1. The van der Waals surface area contributed by atoms with Crippen LogP contribution in [0.2, 0.25) is 0 Å². The van der Waals surface area contributed by atoms with Gasteiger partial charge in [0, 0.05) is 38.8 Å². The molecule has 6 nitrogen and oxygen atoms in total. The number of likely N-dealkylation sites (N-methyl/N-ethyl adjacent to an activating group) is 1. The largest absolute Gasteiger partial charge is 0.496 e. The Balaban J connectivity index is 1.74. The number of fused-ring (bicyclic) bond motifs is 1. The number of ether oxygens (including phenoxy) is 1. The number of methoxy groups -OCH3 is 1. The number of carbonyl (C=O) groups is 2. The fourth-order valence-corrected chi connectivity index (χ4v) is 3.36. The summed E-state index contributed by atoms with van der Waals surface area (Å²) >= 11 is 0. The Hall–Kier alpha value is -2.08. The van der Waals surface area contributed by atoms with Crippen LogP contribution in [0, 0.1) is 0 Å². The van der Waals surface area contributed by atoms with Gasteiger partial charge in [0.1, 0.15) is 17.8 Å². The first-order valence-electron chi connectivity index (χ1n) is 7.94. The van der Waals surface area contributed by atoms with Crippen LogP contribution in [0.15, 0.2) is 24.3 Å². The lowest BCUT2D eigenvalue weighted by atomic mass is 10.0. The Morgan fingerprint density at radius 1 is 1.17 bits per heavy atom. The molecular weight excluding hydrogens is 294 g/mol. The zero-order chi connectivity index (χ0) is 16.6. The minimum Gasteiger partial charge on any atom is -0.496 e. The molecule has 6 heteroatoms. The lowest BCUT2D eigenvalue weighted by Gasteiger charge is -2.47. The first-order chi connectivity index (χ1) is 11.0. The summed E-state index contributed by atoms with van der Waals surface area (Å²) in [6.45, 7) is 4.44. The highest BCUT2D eigenvalue weighted by Gasteiger charge is 2.44. The van der Waals surface area contributed by atoms with Crippen LogP contribution >= 0.6 is 0 Å². The predicted octanol–water partition coefficient (Wildman–Crippen LogP) is 0.569. The molecule has 2 saturated heterocycles. The molecule has 1 aromatic rings. The van der Waals surface area contributed by atoms with Crippen molar-refractivity contribution in [3.05, 3.63) is 29.8 Å². The molecule has 2 fully saturated rings. The maximum absolute atomic E-state index is 12.5. The van der Waals surface area contributed by atoms with Crippen molar-refractivity contribution in [2.24, 2.45) is 0 Å². The topological polar surface area (TPSA) is 53.1 Å². The van der Waals surface area contributed by atoms with Crippen molar-refractivity contribution >= 4 is 11.8 Å². The van der Waals surface area contributed by atoms with Crippen LogP contribution in [-0.4, -0.2) is 72.4 Å². The number of benzene rings is 1. The van der Waals surface area contributed by atoms with E-state index in [0.717, 1.165) is 24.4 Å². The zero-order valence-electron chi connectivity index (χ0n) is 13.9. The normalized spacial score (nSPS) is 25.5. The number of nitrogens with zero attached hydrogens (tertiary/aromatic N) is 3. The van der Waals surface area contributed by atoms with E-state index in [4.69, 9.17) is 4.74 Å². The fraction of sp³-hybridized carbons (Fsp3) is 0.529. The first kappa shape index (κ1) is 15.8. The molecule has 23 heavy (non-hydrogen) atoms. The Labute approximate surface area is 136 Å². The highest BCUT2D eigenvalue weighted by Crippen LogP contribution is 2.24. The van der Waals surface area contributed by atoms with Gasteiger partial charge in [0.05, 0.1) is 7.11 Å². The Morgan fingerprint density at radius 3 is 2.65 bits per heavy atom. The molecule has 124 valence electrons. The van der Waals surface area contributed by atoms with Crippen molar-refractivity contribution in [2.75, 3.05) is 33.8 Å². The molecule has 3 rings (SSSR count). The van der Waals surface area contributed by atoms with Crippen molar-refractivity contribution in [1.82, 2.24) is 14.7 Å². The fourth-order valence-electron chi connectivity index (χ4n) is 3.36. The first-order valence-corrected chi connectivity index (χ1v) is 7.94. The molecule has 0 bridgehead atoms. The third-order valence-electron chi connectivity index (χ3n) is 4.91. The second kappa shape index (κ2) is 6.20. The molecule has 2 heterocycles. The standard InChI is InChI=1S/C17H23N3O3/c1-12-16(21)20-9-8-19(11-14(20)17(22)18(12)2)10-13-6-4-5-7-15(13)23-3/h4-7,12,14H,8-11H2,1-3H3/t12-,14+/m0/s1. The molecule has 1 aromatic carbocycles. The molecule has 0 N–H and O–H groups in total. The average molecular weight is 317 g/mol. The summed E-state index contributed by atoms with van der Waals surface area (Å²) < 4.78 is 5.40. The van der Waals surface area contributed by atoms with Gasteiger partial charge in [-0.2, -0.15) is 0 Å². The van der Waals surface area contributed by atoms with Gasteiger partial charge in [-0.3, -0.25) is 14.5 Å². The second-order valence-electron chi connectivity index (χ2n) is 6.22. The second-order valence-corrected chi connectivity index (χ2v) is 6.22. The van der Waals surface area contributed by atoms with E-state index in [1.165, 1.54) is 0 Å². The summed E-state index contributed by atoms with van der Waals surface area (Å²) in [5.41, 5.74) is 1.10. The molecule has 2 aliphatic rings. The van der Waals surface area contributed by atoms with E-state index in [9.17, 15) is 9.59 Å². The number of hydrogen-bond donors (Lipinski definition) is 0. The summed E-state index contributed by atoms with van der Waals surface area (Å²) in [6, 6.07) is 7.18. The molecule has 0 spiro atoms. The van der Waals surface area contributed by atoms with Gasteiger partial charge in [-0.15, -0.1) is 0 Å². The molecule has 2 aliphatic heterocycles. The Morgan fingerprint density at radius 2 is 1.91 bits per heavy atom. The van der Waals surface area contributed by atoms with Crippen LogP contribution < -0.4 is 4.74 Å². The van der Waals surface area contributed by atoms with Gasteiger partial charge in [0.25, 0.3) is 0 Å². The molecule has 0 aromatic heterocycles. The van der Waals surface area contributed by atoms with Crippen molar-refractivity contribution < 1.29 is 14.3 Å². The molecule has 2 amide bonds. The maximum atomic E-state index is 12.5. The Bertz CT molecular complexity index is 619. The minimum absolute atomic E-state index is 0.0295. The van der Waals surface area contributed by atoms with Crippen LogP contribution in [0.4, 0.5) is 0 Å². The number of piperazine rings is 2. The average Bonchev–Trinajstić information content (AvgIpc) is 2.58. The molecule has 0 aliphatic carbocycles. The van der Waals surface area contributed by atoms with Gasteiger partial charge < -0.3 is 14.5 Å². The van der Waals surface area contributed by atoms with Gasteiger partial charge >= 0.3 is 0 Å². The number of hydrogen-bond acceptors (Lipinski definition) is 4. The van der Waals surface area contributed by atoms with Gasteiger partial charge in [-0.05, 0) is 13.0 Å². The summed E-state index contributed by atoms with van der Waals surface area (Å²) in [5, 5.41) is 0. The zero-order valence-corrected chi connectivity index (χ0v) is 13.9. The SMILES string of the molecule is COc1ccccc1CN1CCN2C(=O)[C@H](C)N(C)C(=O)[C@H]2C1. The van der Waals surface area contributed by atoms with E-state index in [0.29, 0.717) is 13.1 Å². The van der Waals surface area contributed by atoms with Gasteiger partial charge in [0.2, 0.25) is 11.8 Å². The van der Waals surface area contributed by atoms with E-state index in [-0.39, 0.29) is 23.9 Å². The molecule has 0 radical (unpaired) electrons. The van der Waals surface area contributed by atoms with Gasteiger partial charge in [-0.25, -0.2) is 0 Å². The molecule has 2 atom stereocenters. The summed E-state index contributed by atoms with van der Waals surface area (Å²) in [6.07, 6.45) is 0. The summed E-state index contributed by atoms with van der Waals surface area (Å²) in [7, 11) is 3.37. The lowest BCUT2D eigenvalue weighted by Crippen LogP contribution is -2.68. The van der Waals surface area contributed by atoms with Gasteiger partial charge in [0.15, 0.2) is 0 Å². The number of amides is 2. The summed E-state index contributed by atoms with van der Waals surface area (Å²) in [5.74, 6) is 0.933. The third-order valence-corrected chi connectivity index (χ3v) is 4.91. The van der Waals surface area contributed by atoms with Crippen molar-refractivity contribution in [3.8, 4) is 5.75 Å². The highest BCUT2D eigenvalue weighted by atomic mass is 16.5.